The van der Waals surface area contributed by atoms with Crippen molar-refractivity contribution in [2.45, 2.75) is 63.0 Å². The first-order valence-corrected chi connectivity index (χ1v) is 11.5. The van der Waals surface area contributed by atoms with Crippen molar-refractivity contribution >= 4 is 6.09 Å². The number of likely N-dealkylation sites (tertiary alicyclic amines) is 1. The Morgan fingerprint density at radius 2 is 1.53 bits per heavy atom. The van der Waals surface area contributed by atoms with E-state index in [-0.39, 0.29) is 30.1 Å². The van der Waals surface area contributed by atoms with E-state index in [1.807, 2.05) is 4.90 Å². The molecule has 158 valence electrons. The molecule has 1 heterocycles. The largest absolute Gasteiger partial charge is 0.448 e. The molecule has 2 aromatic rings. The molecule has 1 N–H and O–H groups in total. The van der Waals surface area contributed by atoms with Gasteiger partial charge in [0.2, 0.25) is 0 Å². The van der Waals surface area contributed by atoms with Gasteiger partial charge in [0.05, 0.1) is 6.10 Å². The summed E-state index contributed by atoms with van der Waals surface area (Å²) in [4.78, 5) is 15.1. The summed E-state index contributed by atoms with van der Waals surface area (Å²) in [6.07, 6.45) is 6.74. The minimum Gasteiger partial charge on any atom is -0.448 e. The van der Waals surface area contributed by atoms with Crippen molar-refractivity contribution in [3.63, 3.8) is 0 Å². The molecule has 0 radical (unpaired) electrons. The number of nitrogens with zero attached hydrogens (tertiary/aromatic N) is 1. The number of hydrogen-bond acceptors (Lipinski definition) is 3. The van der Waals surface area contributed by atoms with E-state index in [0.717, 1.165) is 51.5 Å². The van der Waals surface area contributed by atoms with Crippen LogP contribution in [0.1, 0.15) is 62.0 Å². The van der Waals surface area contributed by atoms with Crippen molar-refractivity contribution < 1.29 is 14.6 Å². The summed E-state index contributed by atoms with van der Waals surface area (Å²) in [6, 6.07) is 17.0. The maximum absolute atomic E-state index is 13.2. The maximum Gasteiger partial charge on any atom is 0.410 e. The zero-order valence-electron chi connectivity index (χ0n) is 17.5. The number of benzene rings is 2. The van der Waals surface area contributed by atoms with E-state index in [9.17, 15) is 9.90 Å². The number of ether oxygens (including phenoxy) is 1. The molecular weight excluding hydrogens is 374 g/mol. The molecule has 30 heavy (non-hydrogen) atoms. The van der Waals surface area contributed by atoms with Gasteiger partial charge in [0.1, 0.15) is 6.61 Å². The topological polar surface area (TPSA) is 49.8 Å². The first-order valence-electron chi connectivity index (χ1n) is 11.5. The molecule has 0 aromatic heterocycles. The lowest BCUT2D eigenvalue weighted by Gasteiger charge is -2.43. The predicted molar refractivity (Wildman–Crippen MR) is 117 cm³/mol. The number of aliphatic hydroxyl groups is 1. The van der Waals surface area contributed by atoms with Gasteiger partial charge in [-0.2, -0.15) is 0 Å². The van der Waals surface area contributed by atoms with Crippen molar-refractivity contribution in [3.05, 3.63) is 59.7 Å². The molecule has 1 amide bonds. The fraction of sp³-hybridized carbons (Fsp3) is 0.500. The highest BCUT2D eigenvalue weighted by Gasteiger charge is 2.39. The summed E-state index contributed by atoms with van der Waals surface area (Å²) < 4.78 is 5.94. The minimum absolute atomic E-state index is 0.0878. The molecule has 5 rings (SSSR count). The Morgan fingerprint density at radius 3 is 2.23 bits per heavy atom. The van der Waals surface area contributed by atoms with Gasteiger partial charge in [0, 0.05) is 24.4 Å². The molecule has 1 aliphatic heterocycles. The molecule has 2 fully saturated rings. The highest BCUT2D eigenvalue weighted by molar-refractivity contribution is 5.79. The number of carbonyl (C=O) groups is 1. The second-order valence-corrected chi connectivity index (χ2v) is 9.08. The number of piperidine rings is 1. The zero-order chi connectivity index (χ0) is 20.5. The van der Waals surface area contributed by atoms with E-state index in [1.165, 1.54) is 22.3 Å². The highest BCUT2D eigenvalue weighted by atomic mass is 16.6. The molecule has 0 bridgehead atoms. The average Bonchev–Trinajstić information content (AvgIpc) is 3.12. The first-order chi connectivity index (χ1) is 14.7. The number of hydrogen-bond donors (Lipinski definition) is 1. The Labute approximate surface area is 178 Å². The van der Waals surface area contributed by atoms with Crippen LogP contribution in [-0.2, 0) is 4.74 Å². The standard InChI is InChI=1S/C26H31NO3/c28-25-15-6-5-13-22(25)24-14-7-8-16-27(24)26(29)30-17-23-20-11-3-1-9-18(20)19-10-2-4-12-21(19)23/h1-4,9-12,22-25,28H,5-8,13-17H2. The summed E-state index contributed by atoms with van der Waals surface area (Å²) in [6.45, 7) is 1.11. The van der Waals surface area contributed by atoms with Gasteiger partial charge < -0.3 is 14.7 Å². The normalized spacial score (nSPS) is 26.2. The average molecular weight is 406 g/mol. The van der Waals surface area contributed by atoms with E-state index >= 15 is 0 Å². The van der Waals surface area contributed by atoms with E-state index in [2.05, 4.69) is 48.5 Å². The highest BCUT2D eigenvalue weighted by Crippen LogP contribution is 2.44. The van der Waals surface area contributed by atoms with Crippen LogP contribution in [0.25, 0.3) is 11.1 Å². The van der Waals surface area contributed by atoms with Crippen LogP contribution < -0.4 is 0 Å². The SMILES string of the molecule is O=C(OCC1c2ccccc2-c2ccccc21)N1CCCCC1C1CCCCC1O. The third-order valence-electron chi connectivity index (χ3n) is 7.40. The van der Waals surface area contributed by atoms with E-state index in [0.29, 0.717) is 6.61 Å². The summed E-state index contributed by atoms with van der Waals surface area (Å²) in [5, 5.41) is 10.6. The quantitative estimate of drug-likeness (QED) is 0.750. The Hall–Kier alpha value is -2.33. The van der Waals surface area contributed by atoms with Crippen LogP contribution in [0.4, 0.5) is 4.79 Å². The molecule has 0 spiro atoms. The number of fused-ring (bicyclic) bond motifs is 3. The molecule has 4 heteroatoms. The monoisotopic (exact) mass is 405 g/mol. The fourth-order valence-electron chi connectivity index (χ4n) is 5.89. The lowest BCUT2D eigenvalue weighted by Crippen LogP contribution is -2.51. The number of aliphatic hydroxyl groups excluding tert-OH is 1. The molecule has 2 aliphatic carbocycles. The van der Waals surface area contributed by atoms with Crippen LogP contribution in [0.15, 0.2) is 48.5 Å². The summed E-state index contributed by atoms with van der Waals surface area (Å²) in [5.41, 5.74) is 4.97. The third kappa shape index (κ3) is 3.51. The lowest BCUT2D eigenvalue weighted by molar-refractivity contribution is -0.00700. The summed E-state index contributed by atoms with van der Waals surface area (Å²) >= 11 is 0. The molecule has 1 saturated carbocycles. The summed E-state index contributed by atoms with van der Waals surface area (Å²) in [5.74, 6) is 0.282. The Morgan fingerprint density at radius 1 is 0.900 bits per heavy atom. The smallest absolute Gasteiger partial charge is 0.410 e. The number of amides is 1. The molecule has 1 saturated heterocycles. The Kier molecular flexibility index (Phi) is 5.51. The second kappa shape index (κ2) is 8.43. The molecule has 2 aromatic carbocycles. The van der Waals surface area contributed by atoms with Gasteiger partial charge in [-0.1, -0.05) is 61.4 Å². The van der Waals surface area contributed by atoms with Gasteiger partial charge in [0.25, 0.3) is 0 Å². The zero-order valence-corrected chi connectivity index (χ0v) is 17.5. The van der Waals surface area contributed by atoms with Gasteiger partial charge in [0.15, 0.2) is 0 Å². The van der Waals surface area contributed by atoms with E-state index < -0.39 is 0 Å². The van der Waals surface area contributed by atoms with Crippen LogP contribution in [0.2, 0.25) is 0 Å². The Bertz CT molecular complexity index is 865. The van der Waals surface area contributed by atoms with Crippen molar-refractivity contribution in [3.8, 4) is 11.1 Å². The predicted octanol–water partition coefficient (Wildman–Crippen LogP) is 5.34. The molecule has 3 atom stereocenters. The van der Waals surface area contributed by atoms with Crippen LogP contribution in [0.3, 0.4) is 0 Å². The second-order valence-electron chi connectivity index (χ2n) is 9.08. The summed E-state index contributed by atoms with van der Waals surface area (Å²) in [7, 11) is 0. The third-order valence-corrected chi connectivity index (χ3v) is 7.40. The first kappa shape index (κ1) is 19.6. The van der Waals surface area contributed by atoms with Crippen LogP contribution in [0.5, 0.6) is 0 Å². The van der Waals surface area contributed by atoms with Crippen LogP contribution in [-0.4, -0.2) is 41.4 Å². The van der Waals surface area contributed by atoms with Crippen LogP contribution in [0, 0.1) is 5.92 Å². The van der Waals surface area contributed by atoms with Crippen molar-refractivity contribution in [2.75, 3.05) is 13.2 Å². The van der Waals surface area contributed by atoms with Gasteiger partial charge in [-0.25, -0.2) is 4.79 Å². The number of rotatable bonds is 3. The minimum atomic E-state index is -0.286. The molecule has 3 unspecified atom stereocenters. The van der Waals surface area contributed by atoms with Gasteiger partial charge >= 0.3 is 6.09 Å². The number of carbonyl (C=O) groups excluding carboxylic acids is 1. The Balaban J connectivity index is 1.32. The van der Waals surface area contributed by atoms with Crippen molar-refractivity contribution in [2.24, 2.45) is 5.92 Å². The van der Waals surface area contributed by atoms with Gasteiger partial charge in [-0.3, -0.25) is 0 Å². The van der Waals surface area contributed by atoms with Crippen LogP contribution >= 0.6 is 0 Å². The van der Waals surface area contributed by atoms with Gasteiger partial charge in [-0.05, 0) is 54.4 Å². The van der Waals surface area contributed by atoms with Crippen molar-refractivity contribution in [1.82, 2.24) is 4.90 Å². The maximum atomic E-state index is 13.2. The fourth-order valence-corrected chi connectivity index (χ4v) is 5.89. The van der Waals surface area contributed by atoms with Crippen molar-refractivity contribution in [1.29, 1.82) is 0 Å². The van der Waals surface area contributed by atoms with E-state index in [4.69, 9.17) is 4.74 Å². The molecular formula is C26H31NO3. The lowest BCUT2D eigenvalue weighted by atomic mass is 9.78. The molecule has 4 nitrogen and oxygen atoms in total. The van der Waals surface area contributed by atoms with E-state index in [1.54, 1.807) is 0 Å². The molecule has 3 aliphatic rings. The van der Waals surface area contributed by atoms with Gasteiger partial charge in [-0.15, -0.1) is 0 Å².